The summed E-state index contributed by atoms with van der Waals surface area (Å²) in [5.41, 5.74) is 12.1. The van der Waals surface area contributed by atoms with Gasteiger partial charge in [0.15, 0.2) is 0 Å². The maximum atomic E-state index is 11.9. The number of nitrogens with one attached hydrogen (secondary N) is 2. The number of benzene rings is 2. The molecule has 0 radical (unpaired) electrons. The molecular formula is C33H42N2O3. The smallest absolute Gasteiger partial charge is 0.219 e. The lowest BCUT2D eigenvalue weighted by atomic mass is 9.84. The summed E-state index contributed by atoms with van der Waals surface area (Å²) < 4.78 is 6.42. The summed E-state index contributed by atoms with van der Waals surface area (Å²) in [4.78, 5) is 23.7. The molecule has 0 spiro atoms. The van der Waals surface area contributed by atoms with Crippen LogP contribution in [-0.4, -0.2) is 31.5 Å². The molecule has 5 nitrogen and oxygen atoms in total. The molecule has 0 fully saturated rings. The highest BCUT2D eigenvalue weighted by atomic mass is 16.5. The van der Waals surface area contributed by atoms with Crippen molar-refractivity contribution in [2.75, 3.05) is 19.7 Å². The van der Waals surface area contributed by atoms with Crippen LogP contribution in [0.15, 0.2) is 18.2 Å². The molecular weight excluding hydrogens is 472 g/mol. The zero-order valence-electron chi connectivity index (χ0n) is 23.1. The van der Waals surface area contributed by atoms with Gasteiger partial charge in [-0.05, 0) is 96.6 Å². The molecule has 3 aliphatic carbocycles. The Morgan fingerprint density at radius 3 is 2.37 bits per heavy atom. The van der Waals surface area contributed by atoms with Gasteiger partial charge in [0.2, 0.25) is 11.8 Å². The van der Waals surface area contributed by atoms with Crippen LogP contribution in [0.4, 0.5) is 0 Å². The van der Waals surface area contributed by atoms with Crippen LogP contribution in [0.1, 0.15) is 121 Å². The number of fused-ring (bicyclic) bond motifs is 6. The lowest BCUT2D eigenvalue weighted by molar-refractivity contribution is -0.121. The second kappa shape index (κ2) is 10.7. The van der Waals surface area contributed by atoms with Crippen molar-refractivity contribution in [1.29, 1.82) is 0 Å². The first-order chi connectivity index (χ1) is 18.6. The first-order valence-corrected chi connectivity index (χ1v) is 15.1. The molecule has 202 valence electrons. The Morgan fingerprint density at radius 2 is 1.61 bits per heavy atom. The van der Waals surface area contributed by atoms with Crippen LogP contribution < -0.4 is 15.4 Å². The van der Waals surface area contributed by atoms with Crippen LogP contribution in [0.5, 0.6) is 5.75 Å². The highest BCUT2D eigenvalue weighted by Gasteiger charge is 2.39. The Labute approximate surface area is 227 Å². The summed E-state index contributed by atoms with van der Waals surface area (Å²) in [6.07, 6.45) is 11.2. The topological polar surface area (TPSA) is 67.4 Å². The van der Waals surface area contributed by atoms with Gasteiger partial charge in [0, 0.05) is 49.4 Å². The third kappa shape index (κ3) is 4.52. The Kier molecular flexibility index (Phi) is 7.20. The molecule has 38 heavy (non-hydrogen) atoms. The Bertz CT molecular complexity index is 1250. The van der Waals surface area contributed by atoms with Crippen LogP contribution >= 0.6 is 0 Å². The van der Waals surface area contributed by atoms with Gasteiger partial charge in [-0.1, -0.05) is 32.0 Å². The molecule has 2 aromatic rings. The minimum Gasteiger partial charge on any atom is -0.493 e. The van der Waals surface area contributed by atoms with E-state index in [0.29, 0.717) is 30.6 Å². The van der Waals surface area contributed by atoms with Crippen molar-refractivity contribution in [2.45, 2.75) is 102 Å². The maximum Gasteiger partial charge on any atom is 0.219 e. The molecule has 5 heteroatoms. The molecule has 0 saturated heterocycles. The Hall–Kier alpha value is -2.82. The van der Waals surface area contributed by atoms with E-state index in [-0.39, 0.29) is 11.8 Å². The number of ether oxygens (including phenoxy) is 1. The largest absolute Gasteiger partial charge is 0.493 e. The molecule has 2 N–H and O–H groups in total. The summed E-state index contributed by atoms with van der Waals surface area (Å²) in [5, 5.41) is 6.21. The van der Waals surface area contributed by atoms with Crippen LogP contribution in [-0.2, 0) is 35.3 Å². The fraction of sp³-hybridized carbons (Fsp3) is 0.576. The number of rotatable bonds is 9. The van der Waals surface area contributed by atoms with Gasteiger partial charge < -0.3 is 15.4 Å². The van der Waals surface area contributed by atoms with Gasteiger partial charge in [-0.2, -0.15) is 0 Å². The molecule has 1 unspecified atom stereocenters. The van der Waals surface area contributed by atoms with Crippen molar-refractivity contribution in [3.8, 4) is 5.75 Å². The van der Waals surface area contributed by atoms with Gasteiger partial charge in [-0.25, -0.2) is 0 Å². The lowest BCUT2D eigenvalue weighted by Crippen LogP contribution is -2.24. The van der Waals surface area contributed by atoms with E-state index in [2.05, 4.69) is 28.8 Å². The SMILES string of the molecule is CCC(=O)NCC[C@@H]1CCc2cc(C3C[C@@H](CCNC(=O)CC)c4c3ccc3c4CCC3)c3c(c21)CCO3. The van der Waals surface area contributed by atoms with Crippen LogP contribution in [0.3, 0.4) is 0 Å². The molecule has 0 saturated carbocycles. The molecule has 4 aliphatic rings. The van der Waals surface area contributed by atoms with E-state index in [1.165, 1.54) is 53.5 Å². The van der Waals surface area contributed by atoms with Crippen molar-refractivity contribution in [3.63, 3.8) is 0 Å². The Balaban J connectivity index is 1.31. The summed E-state index contributed by atoms with van der Waals surface area (Å²) in [5.74, 6) is 2.81. The molecule has 0 aromatic heterocycles. The summed E-state index contributed by atoms with van der Waals surface area (Å²) >= 11 is 0. The van der Waals surface area contributed by atoms with E-state index in [1.807, 2.05) is 13.8 Å². The van der Waals surface area contributed by atoms with Gasteiger partial charge >= 0.3 is 0 Å². The van der Waals surface area contributed by atoms with Crippen molar-refractivity contribution in [2.24, 2.45) is 0 Å². The number of carbonyl (C=O) groups excluding carboxylic acids is 2. The van der Waals surface area contributed by atoms with E-state index in [4.69, 9.17) is 4.74 Å². The van der Waals surface area contributed by atoms with Gasteiger partial charge in [0.05, 0.1) is 6.61 Å². The van der Waals surface area contributed by atoms with E-state index in [0.717, 1.165) is 57.6 Å². The van der Waals surface area contributed by atoms with Gasteiger partial charge in [-0.15, -0.1) is 0 Å². The van der Waals surface area contributed by atoms with Crippen molar-refractivity contribution in [3.05, 3.63) is 62.7 Å². The van der Waals surface area contributed by atoms with E-state index in [9.17, 15) is 9.59 Å². The minimum absolute atomic E-state index is 0.141. The third-order valence-electron chi connectivity index (χ3n) is 9.62. The van der Waals surface area contributed by atoms with Crippen molar-refractivity contribution < 1.29 is 14.3 Å². The Morgan fingerprint density at radius 1 is 0.842 bits per heavy atom. The fourth-order valence-corrected chi connectivity index (χ4v) is 7.84. The first-order valence-electron chi connectivity index (χ1n) is 15.1. The van der Waals surface area contributed by atoms with Crippen molar-refractivity contribution in [1.82, 2.24) is 10.6 Å². The molecule has 2 aromatic carbocycles. The van der Waals surface area contributed by atoms with Crippen molar-refractivity contribution >= 4 is 11.8 Å². The van der Waals surface area contributed by atoms with E-state index in [1.54, 1.807) is 16.7 Å². The summed E-state index contributed by atoms with van der Waals surface area (Å²) in [6, 6.07) is 7.31. The van der Waals surface area contributed by atoms with Crippen LogP contribution in [0, 0.1) is 0 Å². The minimum atomic E-state index is 0.141. The number of amides is 2. The third-order valence-corrected chi connectivity index (χ3v) is 9.62. The van der Waals surface area contributed by atoms with Gasteiger partial charge in [0.1, 0.15) is 5.75 Å². The second-order valence-corrected chi connectivity index (χ2v) is 11.7. The molecule has 0 bridgehead atoms. The van der Waals surface area contributed by atoms with Crippen LogP contribution in [0.2, 0.25) is 0 Å². The molecule has 1 aliphatic heterocycles. The standard InChI is InChI=1S/C33H42N2O3/c1-3-29(36)34-15-12-21-8-9-22-19-28(33-26(31(21)22)14-17-38-33)27-18-23(13-16-35-30(37)4-2)32-24-7-5-6-20(24)10-11-25(27)32/h10-11,19,21,23,27H,3-9,12-18H2,1-2H3,(H,34,36)(H,35,37)/t21-,23+,27?/m0/s1. The van der Waals surface area contributed by atoms with E-state index < -0.39 is 0 Å². The maximum absolute atomic E-state index is 11.9. The highest BCUT2D eigenvalue weighted by molar-refractivity contribution is 5.75. The highest BCUT2D eigenvalue weighted by Crippen LogP contribution is 2.55. The lowest BCUT2D eigenvalue weighted by Gasteiger charge is -2.21. The monoisotopic (exact) mass is 514 g/mol. The quantitative estimate of drug-likeness (QED) is 0.458. The fourth-order valence-electron chi connectivity index (χ4n) is 7.84. The molecule has 3 atom stereocenters. The zero-order valence-corrected chi connectivity index (χ0v) is 23.1. The number of hydrogen-bond acceptors (Lipinski definition) is 3. The van der Waals surface area contributed by atoms with Crippen LogP contribution in [0.25, 0.3) is 0 Å². The summed E-state index contributed by atoms with van der Waals surface area (Å²) in [6.45, 7) is 6.11. The summed E-state index contributed by atoms with van der Waals surface area (Å²) in [7, 11) is 0. The second-order valence-electron chi connectivity index (χ2n) is 11.7. The first kappa shape index (κ1) is 25.5. The average Bonchev–Trinajstić information content (AvgIpc) is 3.72. The number of aryl methyl sites for hydroxylation is 2. The molecule has 1 heterocycles. The van der Waals surface area contributed by atoms with E-state index >= 15 is 0 Å². The molecule has 6 rings (SSSR count). The van der Waals surface area contributed by atoms with Gasteiger partial charge in [0.25, 0.3) is 0 Å². The van der Waals surface area contributed by atoms with Gasteiger partial charge in [-0.3, -0.25) is 9.59 Å². The number of carbonyl (C=O) groups is 2. The normalized spacial score (nSPS) is 22.4. The molecule has 2 amide bonds. The zero-order chi connectivity index (χ0) is 26.2. The predicted octanol–water partition coefficient (Wildman–Crippen LogP) is 5.59. The average molecular weight is 515 g/mol. The number of hydrogen-bond donors (Lipinski definition) is 2. The predicted molar refractivity (Wildman–Crippen MR) is 150 cm³/mol.